The highest BCUT2D eigenvalue weighted by Crippen LogP contribution is 2.28. The number of ether oxygens (including phenoxy) is 1. The summed E-state index contributed by atoms with van der Waals surface area (Å²) in [5.41, 5.74) is 1.56. The average Bonchev–Trinajstić information content (AvgIpc) is 3.29. The normalized spacial score (nSPS) is 18.2. The molecule has 4 rings (SSSR count). The van der Waals surface area contributed by atoms with Crippen LogP contribution >= 0.6 is 12.4 Å². The van der Waals surface area contributed by atoms with Crippen molar-refractivity contribution in [3.63, 3.8) is 0 Å². The van der Waals surface area contributed by atoms with Gasteiger partial charge in [0.15, 0.2) is 0 Å². The van der Waals surface area contributed by atoms with Crippen LogP contribution in [0, 0.1) is 0 Å². The number of H-pyrrole nitrogens is 1. The number of carbonyl (C=O) groups is 1. The fourth-order valence-corrected chi connectivity index (χ4v) is 3.77. The van der Waals surface area contributed by atoms with Crippen LogP contribution in [0.5, 0.6) is 0 Å². The highest BCUT2D eigenvalue weighted by Gasteiger charge is 2.27. The first-order chi connectivity index (χ1) is 12.2. The lowest BCUT2D eigenvalue weighted by Gasteiger charge is -2.31. The van der Waals surface area contributed by atoms with E-state index in [9.17, 15) is 4.79 Å². The zero-order valence-corrected chi connectivity index (χ0v) is 15.7. The molecule has 142 valence electrons. The molecule has 0 bridgehead atoms. The molecule has 2 N–H and O–H groups in total. The van der Waals surface area contributed by atoms with Crippen LogP contribution in [-0.2, 0) is 24.4 Å². The summed E-state index contributed by atoms with van der Waals surface area (Å²) in [5, 5.41) is 12.1. The maximum Gasteiger partial charge on any atom is 0.354 e. The van der Waals surface area contributed by atoms with Crippen molar-refractivity contribution in [2.24, 2.45) is 0 Å². The Morgan fingerprint density at radius 1 is 1.27 bits per heavy atom. The first-order valence-corrected chi connectivity index (χ1v) is 8.86. The summed E-state index contributed by atoms with van der Waals surface area (Å²) in [7, 11) is 1.40. The van der Waals surface area contributed by atoms with Gasteiger partial charge in [0.25, 0.3) is 0 Å². The van der Waals surface area contributed by atoms with E-state index in [2.05, 4.69) is 30.0 Å². The van der Waals surface area contributed by atoms with Gasteiger partial charge in [-0.15, -0.1) is 22.6 Å². The van der Waals surface area contributed by atoms with E-state index in [1.807, 2.05) is 6.07 Å². The van der Waals surface area contributed by atoms with E-state index in [1.165, 1.54) is 7.11 Å². The SMILES string of the molecule is COC(=O)c1ccc(CN2CCC(c3nnc4n3CCNC4)CC2)[nH]1.Cl. The lowest BCUT2D eigenvalue weighted by Crippen LogP contribution is -2.34. The molecule has 2 aromatic rings. The van der Waals surface area contributed by atoms with Crippen molar-refractivity contribution < 1.29 is 9.53 Å². The first kappa shape index (κ1) is 18.9. The molecule has 0 aromatic carbocycles. The van der Waals surface area contributed by atoms with Crippen LogP contribution in [0.1, 0.15) is 46.6 Å². The summed E-state index contributed by atoms with van der Waals surface area (Å²) in [6.07, 6.45) is 2.19. The molecule has 0 spiro atoms. The minimum Gasteiger partial charge on any atom is -0.464 e. The van der Waals surface area contributed by atoms with Crippen molar-refractivity contribution in [3.05, 3.63) is 35.2 Å². The predicted molar refractivity (Wildman–Crippen MR) is 98.4 cm³/mol. The molecule has 2 aromatic heterocycles. The minimum atomic E-state index is -0.323. The third-order valence-electron chi connectivity index (χ3n) is 5.15. The third kappa shape index (κ3) is 3.77. The molecule has 0 amide bonds. The molecule has 0 aliphatic carbocycles. The van der Waals surface area contributed by atoms with Gasteiger partial charge in [0.2, 0.25) is 0 Å². The lowest BCUT2D eigenvalue weighted by molar-refractivity contribution is 0.0594. The van der Waals surface area contributed by atoms with Gasteiger partial charge in [0.05, 0.1) is 13.7 Å². The monoisotopic (exact) mass is 380 g/mol. The van der Waals surface area contributed by atoms with E-state index in [1.54, 1.807) is 6.07 Å². The Bertz CT molecular complexity index is 750. The lowest BCUT2D eigenvalue weighted by atomic mass is 9.95. The molecule has 1 fully saturated rings. The van der Waals surface area contributed by atoms with Gasteiger partial charge in [-0.3, -0.25) is 4.90 Å². The van der Waals surface area contributed by atoms with E-state index < -0.39 is 0 Å². The number of esters is 1. The molecule has 0 atom stereocenters. The van der Waals surface area contributed by atoms with Crippen molar-refractivity contribution >= 4 is 18.4 Å². The van der Waals surface area contributed by atoms with E-state index in [-0.39, 0.29) is 18.4 Å². The molecular weight excluding hydrogens is 356 g/mol. The highest BCUT2D eigenvalue weighted by molar-refractivity contribution is 5.87. The van der Waals surface area contributed by atoms with Gasteiger partial charge in [-0.1, -0.05) is 0 Å². The second-order valence-corrected chi connectivity index (χ2v) is 6.74. The number of nitrogens with zero attached hydrogens (tertiary/aromatic N) is 4. The quantitative estimate of drug-likeness (QED) is 0.777. The number of aromatic nitrogens is 4. The number of piperidine rings is 1. The number of hydrogen-bond acceptors (Lipinski definition) is 6. The van der Waals surface area contributed by atoms with Crippen LogP contribution in [-0.4, -0.2) is 57.4 Å². The van der Waals surface area contributed by atoms with Crippen LogP contribution in [0.3, 0.4) is 0 Å². The summed E-state index contributed by atoms with van der Waals surface area (Å²) in [4.78, 5) is 17.1. The maximum atomic E-state index is 11.5. The van der Waals surface area contributed by atoms with E-state index in [4.69, 9.17) is 4.74 Å². The smallest absolute Gasteiger partial charge is 0.354 e. The van der Waals surface area contributed by atoms with Crippen LogP contribution in [0.15, 0.2) is 12.1 Å². The molecule has 1 saturated heterocycles. The van der Waals surface area contributed by atoms with Gasteiger partial charge in [0.1, 0.15) is 17.3 Å². The molecule has 4 heterocycles. The number of carbonyl (C=O) groups excluding carboxylic acids is 1. The first-order valence-electron chi connectivity index (χ1n) is 8.86. The largest absolute Gasteiger partial charge is 0.464 e. The Kier molecular flexibility index (Phi) is 5.95. The standard InChI is InChI=1S/C17H24N6O2.ClH/c1-25-17(24)14-3-2-13(19-14)11-22-7-4-12(5-8-22)16-21-20-15-10-18-6-9-23(15)16;/h2-3,12,18-19H,4-11H2,1H3;1H. The molecule has 0 saturated carbocycles. The van der Waals surface area contributed by atoms with Crippen molar-refractivity contribution in [2.45, 2.75) is 38.4 Å². The van der Waals surface area contributed by atoms with Crippen molar-refractivity contribution in [1.29, 1.82) is 0 Å². The van der Waals surface area contributed by atoms with Gasteiger partial charge in [-0.25, -0.2) is 4.79 Å². The Labute approximate surface area is 158 Å². The van der Waals surface area contributed by atoms with E-state index >= 15 is 0 Å². The maximum absolute atomic E-state index is 11.5. The van der Waals surface area contributed by atoms with Gasteiger partial charge < -0.3 is 19.6 Å². The second-order valence-electron chi connectivity index (χ2n) is 6.74. The number of rotatable bonds is 4. The number of aromatic amines is 1. The zero-order valence-electron chi connectivity index (χ0n) is 14.9. The molecule has 0 radical (unpaired) electrons. The summed E-state index contributed by atoms with van der Waals surface area (Å²) in [6.45, 7) is 5.66. The van der Waals surface area contributed by atoms with Gasteiger partial charge in [-0.2, -0.15) is 0 Å². The van der Waals surface area contributed by atoms with Gasteiger partial charge in [-0.05, 0) is 38.1 Å². The summed E-state index contributed by atoms with van der Waals surface area (Å²) in [6, 6.07) is 3.74. The highest BCUT2D eigenvalue weighted by atomic mass is 35.5. The molecule has 8 nitrogen and oxygen atoms in total. The van der Waals surface area contributed by atoms with Crippen LogP contribution in [0.25, 0.3) is 0 Å². The van der Waals surface area contributed by atoms with Crippen molar-refractivity contribution in [2.75, 3.05) is 26.7 Å². The fraction of sp³-hybridized carbons (Fsp3) is 0.588. The number of fused-ring (bicyclic) bond motifs is 1. The van der Waals surface area contributed by atoms with Crippen LogP contribution in [0.4, 0.5) is 0 Å². The molecule has 2 aliphatic heterocycles. The molecule has 9 heteroatoms. The number of halogens is 1. The Hall–Kier alpha value is -1.90. The summed E-state index contributed by atoms with van der Waals surface area (Å²) in [5.74, 6) is 2.38. The molecule has 0 unspecified atom stereocenters. The Balaban J connectivity index is 0.00000196. The second kappa shape index (κ2) is 8.20. The third-order valence-corrected chi connectivity index (χ3v) is 5.15. The summed E-state index contributed by atoms with van der Waals surface area (Å²) < 4.78 is 7.03. The minimum absolute atomic E-state index is 0. The Morgan fingerprint density at radius 2 is 2.08 bits per heavy atom. The van der Waals surface area contributed by atoms with E-state index in [0.29, 0.717) is 11.6 Å². The average molecular weight is 381 g/mol. The van der Waals surface area contributed by atoms with Gasteiger partial charge >= 0.3 is 5.97 Å². The zero-order chi connectivity index (χ0) is 17.2. The van der Waals surface area contributed by atoms with Crippen LogP contribution in [0.2, 0.25) is 0 Å². The van der Waals surface area contributed by atoms with Gasteiger partial charge in [0, 0.05) is 31.2 Å². The van der Waals surface area contributed by atoms with Crippen molar-refractivity contribution in [1.82, 2.24) is 30.0 Å². The predicted octanol–water partition coefficient (Wildman–Crippen LogP) is 1.30. The number of hydrogen-bond donors (Lipinski definition) is 2. The van der Waals surface area contributed by atoms with E-state index in [0.717, 1.165) is 69.5 Å². The fourth-order valence-electron chi connectivity index (χ4n) is 3.77. The number of likely N-dealkylation sites (tertiary alicyclic amines) is 1. The number of methoxy groups -OCH3 is 1. The van der Waals surface area contributed by atoms with Crippen molar-refractivity contribution in [3.8, 4) is 0 Å². The summed E-state index contributed by atoms with van der Waals surface area (Å²) >= 11 is 0. The molecule has 2 aliphatic rings. The molecular formula is C17H25ClN6O2. The number of nitrogens with one attached hydrogen (secondary N) is 2. The topological polar surface area (TPSA) is 88.1 Å². The Morgan fingerprint density at radius 3 is 2.85 bits per heavy atom. The van der Waals surface area contributed by atoms with Crippen LogP contribution < -0.4 is 5.32 Å². The molecule has 26 heavy (non-hydrogen) atoms.